The monoisotopic (exact) mass is 346 g/mol. The molecule has 1 atom stereocenters. The maximum absolute atomic E-state index is 12.6. The molecule has 0 bridgehead atoms. The number of amides is 1. The summed E-state index contributed by atoms with van der Waals surface area (Å²) in [4.78, 5) is 12.6. The fourth-order valence-electron chi connectivity index (χ4n) is 3.11. The average Bonchev–Trinajstić information content (AvgIpc) is 2.73. The summed E-state index contributed by atoms with van der Waals surface area (Å²) in [7, 11) is -3.79. The van der Waals surface area contributed by atoms with Crippen LogP contribution in [0.5, 0.6) is 0 Å². The van der Waals surface area contributed by atoms with Gasteiger partial charge in [0.25, 0.3) is 5.91 Å². The lowest BCUT2D eigenvalue weighted by atomic mass is 9.98. The van der Waals surface area contributed by atoms with E-state index in [0.29, 0.717) is 0 Å². The van der Waals surface area contributed by atoms with Crippen molar-refractivity contribution in [2.24, 2.45) is 5.92 Å². The molecule has 6 heteroatoms. The lowest BCUT2D eigenvalue weighted by Gasteiger charge is -2.18. The van der Waals surface area contributed by atoms with E-state index in [-0.39, 0.29) is 18.4 Å². The summed E-state index contributed by atoms with van der Waals surface area (Å²) in [6.45, 7) is 7.68. The third kappa shape index (κ3) is 2.80. The Morgan fingerprint density at radius 1 is 1.17 bits per heavy atom. The Morgan fingerprint density at radius 3 is 2.50 bits per heavy atom. The van der Waals surface area contributed by atoms with E-state index in [4.69, 9.17) is 0 Å². The molecule has 2 aromatic rings. The molecule has 2 aromatic carbocycles. The summed E-state index contributed by atoms with van der Waals surface area (Å²) in [6, 6.07) is 9.36. The van der Waals surface area contributed by atoms with Gasteiger partial charge in [0.1, 0.15) is 6.04 Å². The number of carbonyl (C=O) groups is 1. The Kier molecular flexibility index (Phi) is 4.13. The van der Waals surface area contributed by atoms with E-state index < -0.39 is 16.3 Å². The largest absolute Gasteiger partial charge is 0.304 e. The van der Waals surface area contributed by atoms with Crippen LogP contribution in [0.15, 0.2) is 30.3 Å². The number of fused-ring (bicyclic) bond motifs is 1. The van der Waals surface area contributed by atoms with Crippen molar-refractivity contribution in [3.05, 3.63) is 47.0 Å². The summed E-state index contributed by atoms with van der Waals surface area (Å²) in [5, 5.41) is 2.03. The number of benzene rings is 2. The predicted molar refractivity (Wildman–Crippen MR) is 94.7 cm³/mol. The maximum atomic E-state index is 12.6. The number of nitrogens with zero attached hydrogens (tertiary/aromatic N) is 1. The van der Waals surface area contributed by atoms with Crippen molar-refractivity contribution >= 4 is 26.9 Å². The standard InChI is InChI=1S/C18H22N2O3S/c1-11(2)17-18(21)20(24(22,23)19-17)10-16-13(4)6-7-14-9-12(3)5-8-15(14)16/h5-9,11,17,19H,10H2,1-4H3/t17-/m1/s1. The highest BCUT2D eigenvalue weighted by atomic mass is 32.2. The molecule has 1 fully saturated rings. The summed E-state index contributed by atoms with van der Waals surface area (Å²) in [5.74, 6) is -0.470. The third-order valence-electron chi connectivity index (χ3n) is 4.57. The lowest BCUT2D eigenvalue weighted by molar-refractivity contribution is -0.127. The van der Waals surface area contributed by atoms with Gasteiger partial charge in [0.15, 0.2) is 0 Å². The number of rotatable bonds is 3. The maximum Gasteiger partial charge on any atom is 0.304 e. The third-order valence-corrected chi connectivity index (χ3v) is 6.01. The Hall–Kier alpha value is -1.92. The first-order valence-corrected chi connectivity index (χ1v) is 9.47. The molecular formula is C18H22N2O3S. The molecule has 1 N–H and O–H groups in total. The van der Waals surface area contributed by atoms with Gasteiger partial charge in [-0.2, -0.15) is 13.1 Å². The molecule has 1 aliphatic heterocycles. The topological polar surface area (TPSA) is 66.5 Å². The quantitative estimate of drug-likeness (QED) is 0.929. The summed E-state index contributed by atoms with van der Waals surface area (Å²) in [5.41, 5.74) is 2.99. The van der Waals surface area contributed by atoms with E-state index in [0.717, 1.165) is 31.8 Å². The van der Waals surface area contributed by atoms with Crippen LogP contribution in [0, 0.1) is 19.8 Å². The van der Waals surface area contributed by atoms with Crippen LogP contribution in [0.1, 0.15) is 30.5 Å². The van der Waals surface area contributed by atoms with Gasteiger partial charge in [0, 0.05) is 0 Å². The number of aryl methyl sites for hydroxylation is 2. The van der Waals surface area contributed by atoms with Crippen LogP contribution in [0.4, 0.5) is 0 Å². The Bertz CT molecular complexity index is 919. The first kappa shape index (κ1) is 16.9. The zero-order chi connectivity index (χ0) is 17.6. The van der Waals surface area contributed by atoms with E-state index >= 15 is 0 Å². The first-order chi connectivity index (χ1) is 11.2. The van der Waals surface area contributed by atoms with Gasteiger partial charge >= 0.3 is 10.2 Å². The number of nitrogens with one attached hydrogen (secondary N) is 1. The zero-order valence-electron chi connectivity index (χ0n) is 14.3. The molecule has 0 saturated carbocycles. The highest BCUT2D eigenvalue weighted by molar-refractivity contribution is 7.88. The summed E-state index contributed by atoms with van der Waals surface area (Å²) >= 11 is 0. The van der Waals surface area contributed by atoms with Gasteiger partial charge in [0.05, 0.1) is 6.54 Å². The van der Waals surface area contributed by atoms with Gasteiger partial charge in [-0.1, -0.05) is 49.7 Å². The molecule has 1 saturated heterocycles. The first-order valence-electron chi connectivity index (χ1n) is 8.03. The SMILES string of the molecule is Cc1ccc2c(CN3C(=O)[C@@H](C(C)C)NS3(=O)=O)c(C)ccc2c1. The van der Waals surface area contributed by atoms with Gasteiger partial charge in [-0.05, 0) is 41.7 Å². The van der Waals surface area contributed by atoms with Crippen molar-refractivity contribution in [3.8, 4) is 0 Å². The molecule has 0 unspecified atom stereocenters. The van der Waals surface area contributed by atoms with E-state index in [1.54, 1.807) is 0 Å². The second kappa shape index (κ2) is 5.86. The zero-order valence-corrected chi connectivity index (χ0v) is 15.1. The van der Waals surface area contributed by atoms with Crippen molar-refractivity contribution in [3.63, 3.8) is 0 Å². The minimum Gasteiger partial charge on any atom is -0.272 e. The van der Waals surface area contributed by atoms with E-state index in [1.807, 2.05) is 52.0 Å². The molecule has 0 radical (unpaired) electrons. The van der Waals surface area contributed by atoms with E-state index in [1.165, 1.54) is 0 Å². The predicted octanol–water partition coefficient (Wildman–Crippen LogP) is 2.66. The smallest absolute Gasteiger partial charge is 0.272 e. The second-order valence-electron chi connectivity index (χ2n) is 6.78. The van der Waals surface area contributed by atoms with Crippen LogP contribution in [0.3, 0.4) is 0 Å². The van der Waals surface area contributed by atoms with Crippen LogP contribution in [-0.2, 0) is 21.5 Å². The molecular weight excluding hydrogens is 324 g/mol. The van der Waals surface area contributed by atoms with Gasteiger partial charge in [-0.25, -0.2) is 4.31 Å². The normalized spacial score (nSPS) is 20.3. The molecule has 0 spiro atoms. The van der Waals surface area contributed by atoms with Crippen LogP contribution < -0.4 is 4.72 Å². The highest BCUT2D eigenvalue weighted by Crippen LogP contribution is 2.28. The molecule has 24 heavy (non-hydrogen) atoms. The van der Waals surface area contributed by atoms with Crippen LogP contribution in [-0.4, -0.2) is 24.7 Å². The average molecular weight is 346 g/mol. The molecule has 5 nitrogen and oxygen atoms in total. The van der Waals surface area contributed by atoms with Gasteiger partial charge in [-0.15, -0.1) is 0 Å². The molecule has 0 aliphatic carbocycles. The van der Waals surface area contributed by atoms with Crippen molar-refractivity contribution in [2.75, 3.05) is 0 Å². The van der Waals surface area contributed by atoms with Gasteiger partial charge < -0.3 is 0 Å². The lowest BCUT2D eigenvalue weighted by Crippen LogP contribution is -2.34. The van der Waals surface area contributed by atoms with Crippen LogP contribution in [0.2, 0.25) is 0 Å². The van der Waals surface area contributed by atoms with Crippen LogP contribution in [0.25, 0.3) is 10.8 Å². The van der Waals surface area contributed by atoms with Crippen LogP contribution >= 0.6 is 0 Å². The van der Waals surface area contributed by atoms with E-state index in [9.17, 15) is 13.2 Å². The Balaban J connectivity index is 2.07. The van der Waals surface area contributed by atoms with Gasteiger partial charge in [0.2, 0.25) is 0 Å². The molecule has 1 heterocycles. The van der Waals surface area contributed by atoms with Gasteiger partial charge in [-0.3, -0.25) is 4.79 Å². The molecule has 128 valence electrons. The fourth-order valence-corrected chi connectivity index (χ4v) is 4.58. The van der Waals surface area contributed by atoms with Crippen molar-refractivity contribution in [1.29, 1.82) is 0 Å². The number of carbonyl (C=O) groups excluding carboxylic acids is 1. The Labute approximate surface area is 142 Å². The number of hydrogen-bond donors (Lipinski definition) is 1. The summed E-state index contributed by atoms with van der Waals surface area (Å²) in [6.07, 6.45) is 0. The fraction of sp³-hybridized carbons (Fsp3) is 0.389. The number of hydrogen-bond acceptors (Lipinski definition) is 3. The van der Waals surface area contributed by atoms with Crippen molar-refractivity contribution in [1.82, 2.24) is 9.03 Å². The minimum atomic E-state index is -3.79. The van der Waals surface area contributed by atoms with Crippen molar-refractivity contribution in [2.45, 2.75) is 40.3 Å². The van der Waals surface area contributed by atoms with E-state index in [2.05, 4.69) is 10.8 Å². The second-order valence-corrected chi connectivity index (χ2v) is 8.40. The summed E-state index contributed by atoms with van der Waals surface area (Å²) < 4.78 is 28.2. The molecule has 1 aliphatic rings. The minimum absolute atomic E-state index is 0.0591. The Morgan fingerprint density at radius 2 is 1.88 bits per heavy atom. The molecule has 0 aromatic heterocycles. The molecule has 3 rings (SSSR count). The van der Waals surface area contributed by atoms with Crippen molar-refractivity contribution < 1.29 is 13.2 Å². The molecule has 1 amide bonds. The highest BCUT2D eigenvalue weighted by Gasteiger charge is 2.44.